The molecule has 0 nitrogen and oxygen atoms in total. The van der Waals surface area contributed by atoms with Crippen molar-refractivity contribution in [2.24, 2.45) is 0 Å². The van der Waals surface area contributed by atoms with Crippen LogP contribution in [0.5, 0.6) is 0 Å². The fraction of sp³-hybridized carbons (Fsp3) is 0.0541. The molecule has 0 bridgehead atoms. The Hall–Kier alpha value is -2.80. The Morgan fingerprint density at radius 2 is 1.02 bits per heavy atom. The molecule has 0 saturated carbocycles. The summed E-state index contributed by atoms with van der Waals surface area (Å²) in [6.07, 6.45) is 5.67. The number of fused-ring (bicyclic) bond motifs is 3. The fourth-order valence-electron chi connectivity index (χ4n) is 6.32. The molecule has 2 aliphatic carbocycles. The van der Waals surface area contributed by atoms with E-state index in [-0.39, 0.29) is 24.8 Å². The summed E-state index contributed by atoms with van der Waals surface area (Å²) in [5.41, 5.74) is 10.9. The Labute approximate surface area is 267 Å². The molecule has 0 unspecified atom stereocenters. The van der Waals surface area contributed by atoms with Crippen LogP contribution < -0.4 is 0 Å². The van der Waals surface area contributed by atoms with Crippen LogP contribution in [0.1, 0.15) is 37.9 Å². The first-order valence-electron chi connectivity index (χ1n) is 13.5. The van der Waals surface area contributed by atoms with Gasteiger partial charge in [-0.05, 0) is 0 Å². The summed E-state index contributed by atoms with van der Waals surface area (Å²) in [5, 5.41) is 0.826. The second kappa shape index (κ2) is 13.0. The van der Waals surface area contributed by atoms with Gasteiger partial charge in [-0.15, -0.1) is 24.8 Å². The molecule has 0 saturated heterocycles. The van der Waals surface area contributed by atoms with Crippen molar-refractivity contribution < 1.29 is 21.3 Å². The Balaban J connectivity index is 0.00000169. The number of halogens is 3. The van der Waals surface area contributed by atoms with Crippen LogP contribution >= 0.6 is 36.4 Å². The zero-order valence-corrected chi connectivity index (χ0v) is 27.2. The minimum atomic E-state index is -2.81. The molecular formula is C37H29Cl3Zr. The van der Waals surface area contributed by atoms with Gasteiger partial charge in [0, 0.05) is 0 Å². The van der Waals surface area contributed by atoms with Crippen LogP contribution in [0.15, 0.2) is 149 Å². The van der Waals surface area contributed by atoms with E-state index < -0.39 is 21.3 Å². The normalized spacial score (nSPS) is 13.2. The third-order valence-corrected chi connectivity index (χ3v) is 16.7. The van der Waals surface area contributed by atoms with E-state index in [1.54, 1.807) is 6.49 Å². The van der Waals surface area contributed by atoms with E-state index in [1.807, 2.05) is 12.1 Å². The summed E-state index contributed by atoms with van der Waals surface area (Å²) in [4.78, 5) is 0. The number of allylic oxidation sites excluding steroid dienone is 4. The van der Waals surface area contributed by atoms with E-state index in [0.717, 1.165) is 17.0 Å². The summed E-state index contributed by atoms with van der Waals surface area (Å²) >= 11 is 4.04. The van der Waals surface area contributed by atoms with Gasteiger partial charge in [0.1, 0.15) is 0 Å². The maximum atomic E-state index is 6.86. The second-order valence-corrected chi connectivity index (χ2v) is 16.7. The molecule has 0 fully saturated rings. The third-order valence-electron chi connectivity index (χ3n) is 7.94. The Morgan fingerprint density at radius 1 is 0.561 bits per heavy atom. The van der Waals surface area contributed by atoms with Crippen molar-refractivity contribution in [1.29, 1.82) is 0 Å². The molecule has 0 spiro atoms. The van der Waals surface area contributed by atoms with Crippen LogP contribution in [-0.2, 0) is 21.3 Å². The molecule has 0 aromatic heterocycles. The Bertz CT molecular complexity index is 1700. The topological polar surface area (TPSA) is 0 Å². The molecule has 0 atom stereocenters. The van der Waals surface area contributed by atoms with Crippen LogP contribution in [0.4, 0.5) is 0 Å². The number of benzene rings is 5. The SMILES string of the molecule is Cl.Cl.Clc1ccccc1C1=[C]([Zr](=[C](c2ccccc2)c2ccccc2)[CH]2c3ccccc3-c3ccccc32)CC=C1. The van der Waals surface area contributed by atoms with Crippen LogP contribution in [-0.4, -0.2) is 3.21 Å². The number of hydrogen-bond donors (Lipinski definition) is 0. The van der Waals surface area contributed by atoms with Gasteiger partial charge in [0.05, 0.1) is 0 Å². The molecule has 202 valence electrons. The molecule has 0 amide bonds. The molecule has 5 aromatic carbocycles. The van der Waals surface area contributed by atoms with E-state index in [9.17, 15) is 0 Å². The quantitative estimate of drug-likeness (QED) is 0.175. The van der Waals surface area contributed by atoms with E-state index in [0.29, 0.717) is 3.63 Å². The van der Waals surface area contributed by atoms with Gasteiger partial charge in [-0.25, -0.2) is 0 Å². The van der Waals surface area contributed by atoms with Gasteiger partial charge in [-0.2, -0.15) is 0 Å². The van der Waals surface area contributed by atoms with Crippen LogP contribution in [0.25, 0.3) is 16.7 Å². The standard InChI is InChI=1S/C13H9.C13H10.C11H8Cl.2ClH.Zr/c1-3-7-12-10(5-1)9-11-6-2-4-8-13(11)12;1-3-7-12(8-4-1)11-13-9-5-2-6-10-13;12-11-8-4-3-7-10(11)9-5-1-2-6-9;;;/h1-9H;1-10H;1,3-5,7-8H,2H2;2*1H;. The van der Waals surface area contributed by atoms with Crippen molar-refractivity contribution in [2.45, 2.75) is 10.0 Å². The minimum absolute atomic E-state index is 0. The van der Waals surface area contributed by atoms with E-state index in [4.69, 9.17) is 11.6 Å². The van der Waals surface area contributed by atoms with E-state index in [1.165, 1.54) is 39.0 Å². The van der Waals surface area contributed by atoms with Crippen LogP contribution in [0.2, 0.25) is 5.02 Å². The van der Waals surface area contributed by atoms with Gasteiger partial charge < -0.3 is 0 Å². The Morgan fingerprint density at radius 3 is 1.56 bits per heavy atom. The zero-order chi connectivity index (χ0) is 26.2. The first-order valence-corrected chi connectivity index (χ1v) is 17.7. The third kappa shape index (κ3) is 5.42. The summed E-state index contributed by atoms with van der Waals surface area (Å²) in [7, 11) is 0. The molecule has 0 aliphatic heterocycles. The predicted molar refractivity (Wildman–Crippen MR) is 176 cm³/mol. The zero-order valence-electron chi connectivity index (χ0n) is 22.3. The predicted octanol–water partition coefficient (Wildman–Crippen LogP) is 10.5. The monoisotopic (exact) mass is 668 g/mol. The van der Waals surface area contributed by atoms with Crippen LogP contribution in [0.3, 0.4) is 0 Å². The van der Waals surface area contributed by atoms with Crippen molar-refractivity contribution in [3.8, 4) is 11.1 Å². The molecule has 41 heavy (non-hydrogen) atoms. The average Bonchev–Trinajstić information content (AvgIpc) is 3.60. The molecule has 0 radical (unpaired) electrons. The molecular weight excluding hydrogens is 642 g/mol. The molecule has 4 heteroatoms. The van der Waals surface area contributed by atoms with Gasteiger partial charge in [-0.1, -0.05) is 0 Å². The summed E-state index contributed by atoms with van der Waals surface area (Å²) in [6, 6.07) is 48.8. The first kappa shape index (κ1) is 29.7. The molecule has 0 heterocycles. The first-order chi connectivity index (χ1) is 19.3. The Kier molecular flexibility index (Phi) is 9.43. The average molecular weight is 671 g/mol. The fourth-order valence-corrected chi connectivity index (χ4v) is 16.1. The number of rotatable bonds is 5. The van der Waals surface area contributed by atoms with Crippen molar-refractivity contribution >= 4 is 45.2 Å². The van der Waals surface area contributed by atoms with Gasteiger partial charge >= 0.3 is 245 Å². The van der Waals surface area contributed by atoms with Crippen LogP contribution in [0, 0.1) is 0 Å². The van der Waals surface area contributed by atoms with Gasteiger partial charge in [-0.3, -0.25) is 0 Å². The maximum absolute atomic E-state index is 6.86. The molecule has 5 aromatic rings. The van der Waals surface area contributed by atoms with Crippen molar-refractivity contribution in [3.63, 3.8) is 0 Å². The van der Waals surface area contributed by atoms with Gasteiger partial charge in [0.2, 0.25) is 0 Å². The summed E-state index contributed by atoms with van der Waals surface area (Å²) < 4.78 is 3.55. The van der Waals surface area contributed by atoms with Gasteiger partial charge in [0.15, 0.2) is 0 Å². The molecule has 2 aliphatic rings. The summed E-state index contributed by atoms with van der Waals surface area (Å²) in [5.74, 6) is 0. The molecule has 7 rings (SSSR count). The molecule has 0 N–H and O–H groups in total. The van der Waals surface area contributed by atoms with Crippen molar-refractivity contribution in [1.82, 2.24) is 0 Å². The number of hydrogen-bond acceptors (Lipinski definition) is 0. The van der Waals surface area contributed by atoms with Crippen molar-refractivity contribution in [3.05, 3.63) is 182 Å². The van der Waals surface area contributed by atoms with Crippen molar-refractivity contribution in [2.75, 3.05) is 0 Å². The van der Waals surface area contributed by atoms with Gasteiger partial charge in [0.25, 0.3) is 0 Å². The second-order valence-electron chi connectivity index (χ2n) is 10.1. The summed E-state index contributed by atoms with van der Waals surface area (Å²) in [6.45, 7) is 0. The van der Waals surface area contributed by atoms with E-state index in [2.05, 4.69) is 133 Å². The van der Waals surface area contributed by atoms with E-state index >= 15 is 0 Å².